The molecular formula is C15H19NO3S. The van der Waals surface area contributed by atoms with E-state index in [9.17, 15) is 9.59 Å². The van der Waals surface area contributed by atoms with Crippen LogP contribution in [-0.4, -0.2) is 18.5 Å². The molecule has 1 saturated carbocycles. The standard InChI is InChI=1S/C15H19NO3S/c1-3-19-15(18)12-9-5-4-6-11(9)20-14(12)16-13(17)10-7-8(10)2/h8,10H,3-7H2,1-2H3,(H,16,17)/t8-,10-/m0/s1. The van der Waals surface area contributed by atoms with Gasteiger partial charge in [-0.25, -0.2) is 4.79 Å². The van der Waals surface area contributed by atoms with Crippen LogP contribution in [0.15, 0.2) is 0 Å². The number of aryl methyl sites for hydroxylation is 1. The molecule has 2 aliphatic carbocycles. The zero-order chi connectivity index (χ0) is 14.3. The van der Waals surface area contributed by atoms with Crippen molar-refractivity contribution < 1.29 is 14.3 Å². The van der Waals surface area contributed by atoms with Crippen LogP contribution in [0.3, 0.4) is 0 Å². The van der Waals surface area contributed by atoms with Gasteiger partial charge in [0.2, 0.25) is 5.91 Å². The molecule has 0 spiro atoms. The number of esters is 1. The van der Waals surface area contributed by atoms with Crippen LogP contribution < -0.4 is 5.32 Å². The Morgan fingerprint density at radius 1 is 1.40 bits per heavy atom. The highest BCUT2D eigenvalue weighted by Crippen LogP contribution is 2.42. The third-order valence-electron chi connectivity index (χ3n) is 4.08. The van der Waals surface area contributed by atoms with Crippen molar-refractivity contribution in [3.05, 3.63) is 16.0 Å². The van der Waals surface area contributed by atoms with Gasteiger partial charge in [0.15, 0.2) is 0 Å². The lowest BCUT2D eigenvalue weighted by molar-refractivity contribution is -0.117. The van der Waals surface area contributed by atoms with Gasteiger partial charge in [-0.15, -0.1) is 11.3 Å². The molecule has 5 heteroatoms. The molecule has 0 unspecified atom stereocenters. The van der Waals surface area contributed by atoms with Crippen molar-refractivity contribution in [1.82, 2.24) is 0 Å². The van der Waals surface area contributed by atoms with Crippen LogP contribution in [0.5, 0.6) is 0 Å². The van der Waals surface area contributed by atoms with Crippen LogP contribution >= 0.6 is 11.3 Å². The summed E-state index contributed by atoms with van der Waals surface area (Å²) in [4.78, 5) is 25.5. The molecule has 3 rings (SSSR count). The van der Waals surface area contributed by atoms with E-state index in [0.29, 0.717) is 23.1 Å². The molecule has 1 heterocycles. The molecule has 0 aromatic carbocycles. The van der Waals surface area contributed by atoms with Crippen LogP contribution in [-0.2, 0) is 22.4 Å². The number of hydrogen-bond acceptors (Lipinski definition) is 4. The summed E-state index contributed by atoms with van der Waals surface area (Å²) in [6, 6.07) is 0. The highest BCUT2D eigenvalue weighted by molar-refractivity contribution is 7.17. The van der Waals surface area contributed by atoms with Crippen LogP contribution in [0.2, 0.25) is 0 Å². The minimum atomic E-state index is -0.300. The third kappa shape index (κ3) is 2.35. The van der Waals surface area contributed by atoms with E-state index < -0.39 is 0 Å². The highest BCUT2D eigenvalue weighted by Gasteiger charge is 2.40. The highest BCUT2D eigenvalue weighted by atomic mass is 32.1. The van der Waals surface area contributed by atoms with Crippen LogP contribution in [0.1, 0.15) is 47.5 Å². The zero-order valence-electron chi connectivity index (χ0n) is 11.8. The fourth-order valence-electron chi connectivity index (χ4n) is 2.80. The minimum Gasteiger partial charge on any atom is -0.462 e. The molecule has 108 valence electrons. The van der Waals surface area contributed by atoms with Gasteiger partial charge in [0.1, 0.15) is 5.00 Å². The monoisotopic (exact) mass is 293 g/mol. The summed E-state index contributed by atoms with van der Waals surface area (Å²) in [5.41, 5.74) is 1.69. The summed E-state index contributed by atoms with van der Waals surface area (Å²) in [6.07, 6.45) is 3.95. The first-order chi connectivity index (χ1) is 9.61. The van der Waals surface area contributed by atoms with Gasteiger partial charge in [0.25, 0.3) is 0 Å². The number of carbonyl (C=O) groups excluding carboxylic acids is 2. The number of amides is 1. The summed E-state index contributed by atoms with van der Waals surface area (Å²) < 4.78 is 5.15. The van der Waals surface area contributed by atoms with Gasteiger partial charge in [-0.05, 0) is 44.1 Å². The molecule has 2 aliphatic rings. The van der Waals surface area contributed by atoms with Gasteiger partial charge >= 0.3 is 5.97 Å². The molecule has 20 heavy (non-hydrogen) atoms. The summed E-state index contributed by atoms with van der Waals surface area (Å²) in [7, 11) is 0. The van der Waals surface area contributed by atoms with E-state index in [1.54, 1.807) is 18.3 Å². The second kappa shape index (κ2) is 5.20. The molecule has 2 atom stereocenters. The maximum atomic E-state index is 12.2. The molecule has 1 N–H and O–H groups in total. The number of carbonyl (C=O) groups is 2. The van der Waals surface area contributed by atoms with Crippen molar-refractivity contribution >= 4 is 28.2 Å². The molecule has 1 amide bonds. The molecule has 0 aliphatic heterocycles. The van der Waals surface area contributed by atoms with E-state index in [4.69, 9.17) is 4.74 Å². The smallest absolute Gasteiger partial charge is 0.341 e. The fourth-order valence-corrected chi connectivity index (χ4v) is 4.08. The molecule has 1 fully saturated rings. The predicted molar refractivity (Wildman–Crippen MR) is 78.2 cm³/mol. The van der Waals surface area contributed by atoms with E-state index in [0.717, 1.165) is 31.2 Å². The van der Waals surface area contributed by atoms with Gasteiger partial charge in [-0.2, -0.15) is 0 Å². The Balaban J connectivity index is 1.86. The Hall–Kier alpha value is -1.36. The second-order valence-corrected chi connectivity index (χ2v) is 6.70. The van der Waals surface area contributed by atoms with Crippen molar-refractivity contribution in [3.8, 4) is 0 Å². The van der Waals surface area contributed by atoms with E-state index in [1.165, 1.54) is 4.88 Å². The predicted octanol–water partition coefficient (Wildman–Crippen LogP) is 3.01. The lowest BCUT2D eigenvalue weighted by Crippen LogP contribution is -2.17. The van der Waals surface area contributed by atoms with Crippen molar-refractivity contribution in [2.45, 2.75) is 39.5 Å². The van der Waals surface area contributed by atoms with Gasteiger partial charge in [0, 0.05) is 10.8 Å². The minimum absolute atomic E-state index is 0.0444. The first kappa shape index (κ1) is 13.6. The quantitative estimate of drug-likeness (QED) is 0.868. The van der Waals surface area contributed by atoms with Gasteiger partial charge in [0.05, 0.1) is 12.2 Å². The fraction of sp³-hybridized carbons (Fsp3) is 0.600. The lowest BCUT2D eigenvalue weighted by Gasteiger charge is -2.07. The Bertz CT molecular complexity index is 564. The third-order valence-corrected chi connectivity index (χ3v) is 5.29. The van der Waals surface area contributed by atoms with Crippen molar-refractivity contribution in [2.75, 3.05) is 11.9 Å². The van der Waals surface area contributed by atoms with Gasteiger partial charge < -0.3 is 10.1 Å². The number of hydrogen-bond donors (Lipinski definition) is 1. The van der Waals surface area contributed by atoms with Crippen LogP contribution in [0, 0.1) is 11.8 Å². The average Bonchev–Trinajstić information content (AvgIpc) is 2.82. The summed E-state index contributed by atoms with van der Waals surface area (Å²) in [5.74, 6) is 0.323. The van der Waals surface area contributed by atoms with Crippen molar-refractivity contribution in [3.63, 3.8) is 0 Å². The number of rotatable bonds is 4. The summed E-state index contributed by atoms with van der Waals surface area (Å²) in [6.45, 7) is 4.23. The van der Waals surface area contributed by atoms with E-state index >= 15 is 0 Å². The zero-order valence-corrected chi connectivity index (χ0v) is 12.6. The molecule has 1 aromatic heterocycles. The first-order valence-electron chi connectivity index (χ1n) is 7.24. The summed E-state index contributed by atoms with van der Waals surface area (Å²) >= 11 is 1.54. The SMILES string of the molecule is CCOC(=O)c1c(NC(=O)[C@H]2C[C@@H]2C)sc2c1CCC2. The molecule has 0 saturated heterocycles. The Labute approximate surface area is 122 Å². The van der Waals surface area contributed by atoms with Crippen LogP contribution in [0.25, 0.3) is 0 Å². The number of nitrogens with one attached hydrogen (secondary N) is 1. The number of thiophene rings is 1. The van der Waals surface area contributed by atoms with Crippen molar-refractivity contribution in [2.24, 2.45) is 11.8 Å². The Morgan fingerprint density at radius 2 is 2.15 bits per heavy atom. The Kier molecular flexibility index (Phi) is 3.54. The molecule has 0 bridgehead atoms. The van der Waals surface area contributed by atoms with Gasteiger partial charge in [-0.3, -0.25) is 4.79 Å². The van der Waals surface area contributed by atoms with Crippen LogP contribution in [0.4, 0.5) is 5.00 Å². The largest absolute Gasteiger partial charge is 0.462 e. The topological polar surface area (TPSA) is 55.4 Å². The van der Waals surface area contributed by atoms with Gasteiger partial charge in [-0.1, -0.05) is 6.92 Å². The van der Waals surface area contributed by atoms with E-state index in [-0.39, 0.29) is 17.8 Å². The maximum Gasteiger partial charge on any atom is 0.341 e. The molecule has 4 nitrogen and oxygen atoms in total. The average molecular weight is 293 g/mol. The maximum absolute atomic E-state index is 12.2. The molecular weight excluding hydrogens is 274 g/mol. The normalized spacial score (nSPS) is 23.3. The molecule has 0 radical (unpaired) electrons. The number of anilines is 1. The summed E-state index contributed by atoms with van der Waals surface area (Å²) in [5, 5.41) is 3.64. The van der Waals surface area contributed by atoms with E-state index in [2.05, 4.69) is 12.2 Å². The lowest BCUT2D eigenvalue weighted by atomic mass is 10.1. The van der Waals surface area contributed by atoms with E-state index in [1.807, 2.05) is 0 Å². The first-order valence-corrected chi connectivity index (χ1v) is 8.06. The number of fused-ring (bicyclic) bond motifs is 1. The number of ether oxygens (including phenoxy) is 1. The molecule has 1 aromatic rings. The van der Waals surface area contributed by atoms with Crippen molar-refractivity contribution in [1.29, 1.82) is 0 Å². The Morgan fingerprint density at radius 3 is 2.80 bits per heavy atom. The second-order valence-electron chi connectivity index (χ2n) is 5.59.